The first kappa shape index (κ1) is 24.4. The monoisotopic (exact) mass is 433 g/mol. The number of rotatable bonds is 7. The van der Waals surface area contributed by atoms with Crippen LogP contribution in [0.2, 0.25) is 0 Å². The summed E-state index contributed by atoms with van der Waals surface area (Å²) in [7, 11) is 0. The van der Waals surface area contributed by atoms with Gasteiger partial charge in [-0.15, -0.1) is 17.5 Å². The number of hydrogen-bond donors (Lipinski definition) is 2. The number of carbonyl (C=O) groups excluding carboxylic acids is 1. The highest BCUT2D eigenvalue weighted by Crippen LogP contribution is 2.24. The number of carbonyl (C=O) groups is 1. The molecule has 1 aromatic heterocycles. The zero-order valence-electron chi connectivity index (χ0n) is 18.8. The van der Waals surface area contributed by atoms with Crippen molar-refractivity contribution in [1.29, 1.82) is 0 Å². The number of nitrogens with zero attached hydrogens (tertiary/aromatic N) is 3. The van der Waals surface area contributed by atoms with Gasteiger partial charge in [0, 0.05) is 0 Å². The smallest absolute Gasteiger partial charge is 0.274 e. The van der Waals surface area contributed by atoms with E-state index in [1.165, 1.54) is 5.56 Å². The SMILES string of the molecule is Cc1c(C(=O)NC(c2ccc(CC(C)C)cc2)C(C)C)nnn1C1CCNCC1.Cl. The zero-order valence-corrected chi connectivity index (χ0v) is 19.6. The van der Waals surface area contributed by atoms with Crippen LogP contribution in [-0.4, -0.2) is 34.0 Å². The van der Waals surface area contributed by atoms with Gasteiger partial charge in [0.2, 0.25) is 0 Å². The summed E-state index contributed by atoms with van der Waals surface area (Å²) >= 11 is 0. The van der Waals surface area contributed by atoms with Crippen molar-refractivity contribution in [3.63, 3.8) is 0 Å². The van der Waals surface area contributed by atoms with Gasteiger partial charge in [0.25, 0.3) is 5.91 Å². The molecular formula is C23H36ClN5O. The first-order chi connectivity index (χ1) is 13.9. The molecule has 0 bridgehead atoms. The second kappa shape index (κ2) is 10.9. The molecule has 166 valence electrons. The van der Waals surface area contributed by atoms with Crippen LogP contribution in [0, 0.1) is 18.8 Å². The molecule has 0 spiro atoms. The predicted molar refractivity (Wildman–Crippen MR) is 123 cm³/mol. The second-order valence-electron chi connectivity index (χ2n) is 8.98. The molecule has 1 saturated heterocycles. The summed E-state index contributed by atoms with van der Waals surface area (Å²) in [4.78, 5) is 13.0. The molecule has 6 nitrogen and oxygen atoms in total. The van der Waals surface area contributed by atoms with Gasteiger partial charge in [0.05, 0.1) is 17.8 Å². The van der Waals surface area contributed by atoms with Gasteiger partial charge in [-0.3, -0.25) is 4.79 Å². The standard InChI is InChI=1S/C23H35N5O.ClH/c1-15(2)14-18-6-8-19(9-7-18)21(16(3)4)25-23(29)22-17(5)28(27-26-22)20-10-12-24-13-11-20;/h6-9,15-16,20-21,24H,10-14H2,1-5H3,(H,25,29);1H. The molecule has 0 radical (unpaired) electrons. The van der Waals surface area contributed by atoms with Gasteiger partial charge in [-0.05, 0) is 62.2 Å². The fourth-order valence-corrected chi connectivity index (χ4v) is 4.13. The van der Waals surface area contributed by atoms with Crippen molar-refractivity contribution >= 4 is 18.3 Å². The molecule has 1 aliphatic heterocycles. The first-order valence-electron chi connectivity index (χ1n) is 10.9. The lowest BCUT2D eigenvalue weighted by Gasteiger charge is -2.24. The van der Waals surface area contributed by atoms with Crippen LogP contribution in [0.4, 0.5) is 0 Å². The molecule has 1 aliphatic rings. The molecule has 0 saturated carbocycles. The van der Waals surface area contributed by atoms with Crippen LogP contribution in [0.3, 0.4) is 0 Å². The van der Waals surface area contributed by atoms with Crippen molar-refractivity contribution in [3.8, 4) is 0 Å². The molecule has 1 atom stereocenters. The third kappa shape index (κ3) is 5.82. The maximum atomic E-state index is 13.0. The van der Waals surface area contributed by atoms with Crippen molar-refractivity contribution in [2.75, 3.05) is 13.1 Å². The maximum Gasteiger partial charge on any atom is 0.274 e. The topological polar surface area (TPSA) is 71.8 Å². The van der Waals surface area contributed by atoms with Crippen LogP contribution in [0.25, 0.3) is 0 Å². The maximum absolute atomic E-state index is 13.0. The Morgan fingerprint density at radius 2 is 1.80 bits per heavy atom. The Morgan fingerprint density at radius 1 is 1.17 bits per heavy atom. The van der Waals surface area contributed by atoms with Crippen LogP contribution < -0.4 is 10.6 Å². The fraction of sp³-hybridized carbons (Fsp3) is 0.609. The van der Waals surface area contributed by atoms with Crippen molar-refractivity contribution in [2.24, 2.45) is 11.8 Å². The van der Waals surface area contributed by atoms with Crippen molar-refractivity contribution in [1.82, 2.24) is 25.6 Å². The van der Waals surface area contributed by atoms with Crippen LogP contribution in [-0.2, 0) is 6.42 Å². The zero-order chi connectivity index (χ0) is 21.0. The van der Waals surface area contributed by atoms with E-state index in [1.54, 1.807) is 0 Å². The van der Waals surface area contributed by atoms with Crippen LogP contribution in [0.1, 0.15) is 79.9 Å². The van der Waals surface area contributed by atoms with E-state index in [0.717, 1.165) is 43.6 Å². The minimum atomic E-state index is -0.146. The summed E-state index contributed by atoms with van der Waals surface area (Å²) in [5, 5.41) is 15.1. The minimum absolute atomic E-state index is 0. The van der Waals surface area contributed by atoms with E-state index in [1.807, 2.05) is 11.6 Å². The molecule has 2 N–H and O–H groups in total. The Bertz CT molecular complexity index is 810. The summed E-state index contributed by atoms with van der Waals surface area (Å²) < 4.78 is 1.93. The molecule has 1 aromatic carbocycles. The highest BCUT2D eigenvalue weighted by molar-refractivity contribution is 5.93. The first-order valence-corrected chi connectivity index (χ1v) is 10.9. The second-order valence-corrected chi connectivity index (χ2v) is 8.98. The molecule has 7 heteroatoms. The minimum Gasteiger partial charge on any atom is -0.344 e. The summed E-state index contributed by atoms with van der Waals surface area (Å²) in [5.41, 5.74) is 3.75. The predicted octanol–water partition coefficient (Wildman–Crippen LogP) is 4.26. The Hall–Kier alpha value is -1.92. The lowest BCUT2D eigenvalue weighted by Crippen LogP contribution is -2.33. The van der Waals surface area contributed by atoms with Gasteiger partial charge in [0.15, 0.2) is 5.69 Å². The van der Waals surface area contributed by atoms with Crippen molar-refractivity contribution in [2.45, 2.75) is 66.0 Å². The van der Waals surface area contributed by atoms with Crippen LogP contribution >= 0.6 is 12.4 Å². The number of benzene rings is 1. The van der Waals surface area contributed by atoms with E-state index in [2.05, 4.69) is 72.9 Å². The molecule has 3 rings (SSSR count). The van der Waals surface area contributed by atoms with E-state index in [-0.39, 0.29) is 30.3 Å². The number of amides is 1. The number of halogens is 1. The van der Waals surface area contributed by atoms with Gasteiger partial charge < -0.3 is 10.6 Å². The highest BCUT2D eigenvalue weighted by atomic mass is 35.5. The largest absolute Gasteiger partial charge is 0.344 e. The third-order valence-electron chi connectivity index (χ3n) is 5.73. The van der Waals surface area contributed by atoms with Gasteiger partial charge in [-0.25, -0.2) is 4.68 Å². The van der Waals surface area contributed by atoms with Gasteiger partial charge >= 0.3 is 0 Å². The summed E-state index contributed by atoms with van der Waals surface area (Å²) in [6.07, 6.45) is 3.10. The molecule has 2 aromatic rings. The molecule has 1 unspecified atom stereocenters. The van der Waals surface area contributed by atoms with E-state index >= 15 is 0 Å². The molecule has 30 heavy (non-hydrogen) atoms. The van der Waals surface area contributed by atoms with Crippen LogP contribution in [0.5, 0.6) is 0 Å². The average molecular weight is 434 g/mol. The number of piperidine rings is 1. The Labute approximate surface area is 186 Å². The van der Waals surface area contributed by atoms with E-state index in [9.17, 15) is 4.79 Å². The lowest BCUT2D eigenvalue weighted by molar-refractivity contribution is 0.0919. The molecule has 0 aliphatic carbocycles. The summed E-state index contributed by atoms with van der Waals surface area (Å²) in [5.74, 6) is 0.759. The molecule has 1 fully saturated rings. The van der Waals surface area contributed by atoms with Crippen molar-refractivity contribution < 1.29 is 4.79 Å². The van der Waals surface area contributed by atoms with E-state index in [4.69, 9.17) is 0 Å². The van der Waals surface area contributed by atoms with E-state index in [0.29, 0.717) is 17.7 Å². The highest BCUT2D eigenvalue weighted by Gasteiger charge is 2.25. The van der Waals surface area contributed by atoms with Crippen LogP contribution in [0.15, 0.2) is 24.3 Å². The number of hydrogen-bond acceptors (Lipinski definition) is 4. The molecular weight excluding hydrogens is 398 g/mol. The lowest BCUT2D eigenvalue weighted by atomic mass is 9.93. The molecule has 1 amide bonds. The Balaban J connectivity index is 0.00000320. The van der Waals surface area contributed by atoms with Gasteiger partial charge in [0.1, 0.15) is 0 Å². The fourth-order valence-electron chi connectivity index (χ4n) is 4.13. The van der Waals surface area contributed by atoms with E-state index < -0.39 is 0 Å². The summed E-state index contributed by atoms with van der Waals surface area (Å²) in [6.45, 7) is 12.6. The van der Waals surface area contributed by atoms with Gasteiger partial charge in [-0.1, -0.05) is 57.2 Å². The van der Waals surface area contributed by atoms with Crippen molar-refractivity contribution in [3.05, 3.63) is 46.8 Å². The quantitative estimate of drug-likeness (QED) is 0.684. The average Bonchev–Trinajstić information content (AvgIpc) is 3.08. The number of aromatic nitrogens is 3. The Kier molecular flexibility index (Phi) is 8.86. The molecule has 2 heterocycles. The Morgan fingerprint density at radius 3 is 2.37 bits per heavy atom. The number of nitrogens with one attached hydrogen (secondary N) is 2. The third-order valence-corrected chi connectivity index (χ3v) is 5.73. The normalized spacial score (nSPS) is 15.8. The van der Waals surface area contributed by atoms with Gasteiger partial charge in [-0.2, -0.15) is 0 Å². The summed E-state index contributed by atoms with van der Waals surface area (Å²) in [6, 6.07) is 8.90.